The quantitative estimate of drug-likeness (QED) is 0.490. The van der Waals surface area contributed by atoms with E-state index < -0.39 is 10.2 Å². The van der Waals surface area contributed by atoms with Gasteiger partial charge in [0.05, 0.1) is 16.9 Å². The van der Waals surface area contributed by atoms with E-state index in [1.54, 1.807) is 0 Å². The zero-order chi connectivity index (χ0) is 12.3. The van der Waals surface area contributed by atoms with Crippen LogP contribution in [0.5, 0.6) is 0 Å². The molecule has 0 saturated heterocycles. The van der Waals surface area contributed by atoms with Crippen molar-refractivity contribution in [2.24, 2.45) is 15.6 Å². The third kappa shape index (κ3) is 2.75. The fraction of sp³-hybridized carbons (Fsp3) is 0.125. The third-order valence-corrected chi connectivity index (χ3v) is 3.71. The van der Waals surface area contributed by atoms with Crippen molar-refractivity contribution < 1.29 is 8.42 Å². The van der Waals surface area contributed by atoms with Gasteiger partial charge in [0.2, 0.25) is 0 Å². The van der Waals surface area contributed by atoms with Gasteiger partial charge in [-0.3, -0.25) is 0 Å². The molecular weight excluding hydrogens is 262 g/mol. The molecule has 1 aromatic carbocycles. The van der Waals surface area contributed by atoms with Gasteiger partial charge in [-0.15, -0.1) is 0 Å². The van der Waals surface area contributed by atoms with Gasteiger partial charge >= 0.3 is 10.2 Å². The van der Waals surface area contributed by atoms with Gasteiger partial charge in [-0.05, 0) is 22.1 Å². The molecule has 0 aliphatic heterocycles. The summed E-state index contributed by atoms with van der Waals surface area (Å²) < 4.78 is 32.6. The van der Waals surface area contributed by atoms with Crippen molar-refractivity contribution in [3.8, 4) is 0 Å². The molecule has 90 valence electrons. The number of nitrogens with zero attached hydrogens (tertiary/aromatic N) is 3. The topological polar surface area (TPSA) is 110 Å². The molecule has 1 aromatic heterocycles. The first-order chi connectivity index (χ1) is 8.12. The summed E-state index contributed by atoms with van der Waals surface area (Å²) >= 11 is 1.31. The first-order valence-corrected chi connectivity index (χ1v) is 6.79. The van der Waals surface area contributed by atoms with Gasteiger partial charge in [-0.1, -0.05) is 23.4 Å². The normalized spacial score (nSPS) is 12.5. The Bertz CT molecular complexity index is 649. The predicted octanol–water partition coefficient (Wildman–Crippen LogP) is 0.957. The van der Waals surface area contributed by atoms with Crippen LogP contribution in [-0.4, -0.2) is 12.8 Å². The predicted molar refractivity (Wildman–Crippen MR) is 64.4 cm³/mol. The number of benzene rings is 1. The second-order valence-electron chi connectivity index (χ2n) is 3.12. The number of nitrogens with two attached hydrogens (primary N) is 1. The average Bonchev–Trinajstić information content (AvgIpc) is 2.70. The van der Waals surface area contributed by atoms with Gasteiger partial charge in [-0.2, -0.15) is 17.5 Å². The molecule has 0 spiro atoms. The Kier molecular flexibility index (Phi) is 3.31. The van der Waals surface area contributed by atoms with Gasteiger partial charge in [0.25, 0.3) is 0 Å². The molecular formula is C8H9N5O2S2. The van der Waals surface area contributed by atoms with Crippen molar-refractivity contribution >= 4 is 31.8 Å². The second-order valence-corrected chi connectivity index (χ2v) is 5.33. The summed E-state index contributed by atoms with van der Waals surface area (Å²) in [6.45, 7) is 0.0609. The Balaban J connectivity index is 2.20. The van der Waals surface area contributed by atoms with Crippen LogP contribution in [-0.2, 0) is 16.8 Å². The first kappa shape index (κ1) is 11.9. The Hall–Kier alpha value is -1.58. The molecule has 2 rings (SSSR count). The van der Waals surface area contributed by atoms with E-state index in [9.17, 15) is 8.42 Å². The molecule has 1 heterocycles. The highest BCUT2D eigenvalue weighted by molar-refractivity contribution is 7.87. The van der Waals surface area contributed by atoms with Crippen LogP contribution in [0, 0.1) is 0 Å². The second kappa shape index (κ2) is 4.73. The Morgan fingerprint density at radius 3 is 2.94 bits per heavy atom. The Morgan fingerprint density at radius 2 is 2.18 bits per heavy atom. The minimum Gasteiger partial charge on any atom is -0.304 e. The Morgan fingerprint density at radius 1 is 1.41 bits per heavy atom. The van der Waals surface area contributed by atoms with E-state index in [1.165, 1.54) is 11.5 Å². The van der Waals surface area contributed by atoms with Gasteiger partial charge in [-0.25, -0.2) is 0 Å². The van der Waals surface area contributed by atoms with E-state index in [0.29, 0.717) is 5.69 Å². The van der Waals surface area contributed by atoms with Crippen molar-refractivity contribution in [1.29, 1.82) is 0 Å². The minimum atomic E-state index is -3.83. The van der Waals surface area contributed by atoms with Crippen molar-refractivity contribution in [1.82, 2.24) is 9.10 Å². The van der Waals surface area contributed by atoms with Crippen molar-refractivity contribution in [2.75, 3.05) is 0 Å². The lowest BCUT2D eigenvalue weighted by atomic mass is 10.2. The number of hydrogen-bond acceptors (Lipinski definition) is 5. The van der Waals surface area contributed by atoms with E-state index in [4.69, 9.17) is 0 Å². The lowest BCUT2D eigenvalue weighted by Gasteiger charge is -1.98. The molecule has 3 N–H and O–H groups in total. The summed E-state index contributed by atoms with van der Waals surface area (Å²) in [6, 6.07) is 7.57. The monoisotopic (exact) mass is 271 g/mol. The molecule has 0 fully saturated rings. The summed E-state index contributed by atoms with van der Waals surface area (Å²) in [5, 5.41) is 3.65. The summed E-state index contributed by atoms with van der Waals surface area (Å²) in [4.78, 5) is 0. The Labute approximate surface area is 102 Å². The summed E-state index contributed by atoms with van der Waals surface area (Å²) in [6.07, 6.45) is 0. The standard InChI is InChI=1S/C8H9N5O2S2/c9-12-13-17(14,15)10-5-7-6-3-1-2-4-8(6)16-11-7/h1-4,10H,5H2,(H2,9,13). The molecule has 0 bridgehead atoms. The SMILES string of the molecule is NN=NS(=O)(=O)NCc1nsc2ccccc12. The highest BCUT2D eigenvalue weighted by atomic mass is 32.2. The molecule has 0 aliphatic rings. The van der Waals surface area contributed by atoms with Gasteiger partial charge in [0.15, 0.2) is 0 Å². The maximum Gasteiger partial charge on any atom is 0.339 e. The molecule has 17 heavy (non-hydrogen) atoms. The van der Waals surface area contributed by atoms with Crippen LogP contribution in [0.3, 0.4) is 0 Å². The van der Waals surface area contributed by atoms with E-state index >= 15 is 0 Å². The molecule has 0 saturated carbocycles. The van der Waals surface area contributed by atoms with Crippen LogP contribution in [0.25, 0.3) is 10.1 Å². The lowest BCUT2D eigenvalue weighted by Crippen LogP contribution is -2.20. The average molecular weight is 271 g/mol. The van der Waals surface area contributed by atoms with E-state index in [2.05, 4.69) is 24.7 Å². The van der Waals surface area contributed by atoms with Crippen LogP contribution in [0.2, 0.25) is 0 Å². The smallest absolute Gasteiger partial charge is 0.304 e. The molecule has 0 atom stereocenters. The molecule has 0 aliphatic carbocycles. The van der Waals surface area contributed by atoms with Crippen LogP contribution < -0.4 is 10.6 Å². The summed E-state index contributed by atoms with van der Waals surface area (Å²) in [7, 11) is -3.83. The van der Waals surface area contributed by atoms with Crippen molar-refractivity contribution in [2.45, 2.75) is 6.54 Å². The zero-order valence-corrected chi connectivity index (χ0v) is 10.2. The van der Waals surface area contributed by atoms with Crippen LogP contribution in [0.15, 0.2) is 34.0 Å². The summed E-state index contributed by atoms with van der Waals surface area (Å²) in [5.74, 6) is 4.68. The maximum absolute atomic E-state index is 11.2. The summed E-state index contributed by atoms with van der Waals surface area (Å²) in [5.41, 5.74) is 0.654. The number of nitrogens with one attached hydrogen (secondary N) is 1. The van der Waals surface area contributed by atoms with Crippen LogP contribution in [0.4, 0.5) is 0 Å². The molecule has 0 amide bonds. The number of hydrogen-bond donors (Lipinski definition) is 2. The highest BCUT2D eigenvalue weighted by Crippen LogP contribution is 2.21. The molecule has 0 unspecified atom stereocenters. The molecule has 2 aromatic rings. The maximum atomic E-state index is 11.2. The van der Waals surface area contributed by atoms with Crippen molar-refractivity contribution in [3.05, 3.63) is 30.0 Å². The fourth-order valence-corrected chi connectivity index (χ4v) is 2.61. The largest absolute Gasteiger partial charge is 0.339 e. The van der Waals surface area contributed by atoms with Crippen LogP contribution in [0.1, 0.15) is 5.69 Å². The first-order valence-electron chi connectivity index (χ1n) is 4.57. The third-order valence-electron chi connectivity index (χ3n) is 2.03. The minimum absolute atomic E-state index is 0.0609. The number of rotatable bonds is 4. The zero-order valence-electron chi connectivity index (χ0n) is 8.57. The number of aromatic nitrogens is 1. The molecule has 9 heteroatoms. The molecule has 0 radical (unpaired) electrons. The van der Waals surface area contributed by atoms with E-state index in [0.717, 1.165) is 10.1 Å². The fourth-order valence-electron chi connectivity index (χ4n) is 1.32. The van der Waals surface area contributed by atoms with Crippen LogP contribution >= 0.6 is 11.5 Å². The van der Waals surface area contributed by atoms with Gasteiger partial charge < -0.3 is 5.84 Å². The lowest BCUT2D eigenvalue weighted by molar-refractivity contribution is 0.579. The highest BCUT2D eigenvalue weighted by Gasteiger charge is 2.11. The molecule has 7 nitrogen and oxygen atoms in total. The van der Waals surface area contributed by atoms with E-state index in [-0.39, 0.29) is 6.54 Å². The van der Waals surface area contributed by atoms with Gasteiger partial charge in [0, 0.05) is 5.39 Å². The van der Waals surface area contributed by atoms with Crippen molar-refractivity contribution in [3.63, 3.8) is 0 Å². The van der Waals surface area contributed by atoms with Gasteiger partial charge in [0.1, 0.15) is 0 Å². The van der Waals surface area contributed by atoms with E-state index in [1.807, 2.05) is 24.3 Å². The number of fused-ring (bicyclic) bond motifs is 1.